The monoisotopic (exact) mass is 308 g/mol. The second-order valence-electron chi connectivity index (χ2n) is 3.97. The molecule has 0 saturated heterocycles. The van der Waals surface area contributed by atoms with Gasteiger partial charge in [0.05, 0.1) is 19.5 Å². The molecule has 0 amide bonds. The molecule has 0 saturated carbocycles. The van der Waals surface area contributed by atoms with Crippen molar-refractivity contribution in [1.82, 2.24) is 4.57 Å². The van der Waals surface area contributed by atoms with Gasteiger partial charge in [-0.25, -0.2) is 9.13 Å². The highest BCUT2D eigenvalue weighted by Crippen LogP contribution is 2.10. The molecule has 1 rings (SSSR count). The Morgan fingerprint density at radius 1 is 1.43 bits per heavy atom. The van der Waals surface area contributed by atoms with Gasteiger partial charge in [0.2, 0.25) is 0 Å². The SMILES string of the molecule is CCCCn1cc[n+](C)c1C(C)C.[I-]. The molecule has 0 N–H and O–H groups in total. The van der Waals surface area contributed by atoms with Crippen molar-refractivity contribution in [3.8, 4) is 0 Å². The van der Waals surface area contributed by atoms with Crippen LogP contribution in [0.1, 0.15) is 45.4 Å². The van der Waals surface area contributed by atoms with E-state index in [0.717, 1.165) is 6.54 Å². The van der Waals surface area contributed by atoms with Gasteiger partial charge in [-0.3, -0.25) is 0 Å². The lowest BCUT2D eigenvalue weighted by Gasteiger charge is -2.04. The third-order valence-corrected chi connectivity index (χ3v) is 2.39. The highest BCUT2D eigenvalue weighted by Gasteiger charge is 2.17. The Labute approximate surface area is 104 Å². The fraction of sp³-hybridized carbons (Fsp3) is 0.727. The van der Waals surface area contributed by atoms with Crippen molar-refractivity contribution >= 4 is 0 Å². The van der Waals surface area contributed by atoms with E-state index in [1.165, 1.54) is 18.7 Å². The highest BCUT2D eigenvalue weighted by molar-refractivity contribution is 4.89. The van der Waals surface area contributed by atoms with Gasteiger partial charge in [-0.2, -0.15) is 0 Å². The number of aryl methyl sites for hydroxylation is 2. The molecule has 14 heavy (non-hydrogen) atoms. The number of rotatable bonds is 4. The molecule has 0 fully saturated rings. The average Bonchev–Trinajstić information content (AvgIpc) is 2.43. The topological polar surface area (TPSA) is 8.81 Å². The molecule has 82 valence electrons. The number of halogens is 1. The Balaban J connectivity index is 0.00000169. The van der Waals surface area contributed by atoms with Gasteiger partial charge in [0.1, 0.15) is 12.4 Å². The lowest BCUT2D eigenvalue weighted by molar-refractivity contribution is -0.680. The molecule has 1 heterocycles. The summed E-state index contributed by atoms with van der Waals surface area (Å²) in [5.41, 5.74) is 0. The van der Waals surface area contributed by atoms with E-state index in [1.807, 2.05) is 0 Å². The van der Waals surface area contributed by atoms with Gasteiger partial charge in [-0.1, -0.05) is 27.2 Å². The maximum atomic E-state index is 2.37. The molecule has 0 atom stereocenters. The summed E-state index contributed by atoms with van der Waals surface area (Å²) in [5, 5.41) is 0. The summed E-state index contributed by atoms with van der Waals surface area (Å²) in [6.45, 7) is 7.89. The lowest BCUT2D eigenvalue weighted by Crippen LogP contribution is -3.00. The van der Waals surface area contributed by atoms with Crippen LogP contribution in [0.5, 0.6) is 0 Å². The molecule has 3 heteroatoms. The van der Waals surface area contributed by atoms with Crippen LogP contribution in [0.2, 0.25) is 0 Å². The van der Waals surface area contributed by atoms with Gasteiger partial charge in [0.25, 0.3) is 5.82 Å². The van der Waals surface area contributed by atoms with Crippen molar-refractivity contribution in [3.63, 3.8) is 0 Å². The standard InChI is InChI=1S/C11H21N2.HI/c1-5-6-7-13-9-8-12(4)11(13)10(2)3;/h8-10H,5-7H2,1-4H3;1H/q+1;/p-1. The van der Waals surface area contributed by atoms with Crippen LogP contribution in [0.25, 0.3) is 0 Å². The van der Waals surface area contributed by atoms with E-state index in [2.05, 4.69) is 49.3 Å². The van der Waals surface area contributed by atoms with Crippen LogP contribution in [0, 0.1) is 0 Å². The lowest BCUT2D eigenvalue weighted by atomic mass is 10.2. The van der Waals surface area contributed by atoms with Gasteiger partial charge in [-0.05, 0) is 6.42 Å². The summed E-state index contributed by atoms with van der Waals surface area (Å²) >= 11 is 0. The third-order valence-electron chi connectivity index (χ3n) is 2.39. The molecule has 2 nitrogen and oxygen atoms in total. The number of unbranched alkanes of at least 4 members (excludes halogenated alkanes) is 1. The van der Waals surface area contributed by atoms with Crippen LogP contribution in [0.15, 0.2) is 12.4 Å². The minimum absolute atomic E-state index is 0. The zero-order chi connectivity index (χ0) is 9.84. The van der Waals surface area contributed by atoms with Gasteiger partial charge in [-0.15, -0.1) is 0 Å². The summed E-state index contributed by atoms with van der Waals surface area (Å²) in [5.74, 6) is 2.03. The van der Waals surface area contributed by atoms with Crippen molar-refractivity contribution in [2.75, 3.05) is 0 Å². The first-order valence-electron chi connectivity index (χ1n) is 5.21. The molecular weight excluding hydrogens is 287 g/mol. The molecule has 0 aliphatic carbocycles. The molecule has 0 aliphatic rings. The van der Waals surface area contributed by atoms with Crippen LogP contribution in [0.3, 0.4) is 0 Å². The molecular formula is C11H21IN2. The van der Waals surface area contributed by atoms with E-state index in [-0.39, 0.29) is 24.0 Å². The number of nitrogens with zero attached hydrogens (tertiary/aromatic N) is 2. The summed E-state index contributed by atoms with van der Waals surface area (Å²) in [7, 11) is 2.12. The maximum Gasteiger partial charge on any atom is 0.258 e. The average molecular weight is 308 g/mol. The van der Waals surface area contributed by atoms with Gasteiger partial charge in [0.15, 0.2) is 0 Å². The van der Waals surface area contributed by atoms with E-state index >= 15 is 0 Å². The highest BCUT2D eigenvalue weighted by atomic mass is 127. The number of imidazole rings is 1. The number of hydrogen-bond acceptors (Lipinski definition) is 0. The predicted octanol–water partition coefficient (Wildman–Crippen LogP) is -0.760. The quantitative estimate of drug-likeness (QED) is 0.511. The van der Waals surface area contributed by atoms with E-state index in [4.69, 9.17) is 0 Å². The van der Waals surface area contributed by atoms with Gasteiger partial charge < -0.3 is 24.0 Å². The Bertz CT molecular complexity index is 266. The first-order valence-corrected chi connectivity index (χ1v) is 5.21. The zero-order valence-corrected chi connectivity index (χ0v) is 11.8. The number of aromatic nitrogens is 2. The molecule has 1 aromatic rings. The predicted molar refractivity (Wildman–Crippen MR) is 54.6 cm³/mol. The van der Waals surface area contributed by atoms with E-state index in [0.29, 0.717) is 5.92 Å². The van der Waals surface area contributed by atoms with E-state index in [9.17, 15) is 0 Å². The van der Waals surface area contributed by atoms with E-state index in [1.54, 1.807) is 0 Å². The van der Waals surface area contributed by atoms with Crippen molar-refractivity contribution in [1.29, 1.82) is 0 Å². The van der Waals surface area contributed by atoms with Crippen LogP contribution < -0.4 is 28.5 Å². The van der Waals surface area contributed by atoms with Gasteiger partial charge >= 0.3 is 0 Å². The zero-order valence-electron chi connectivity index (χ0n) is 9.63. The fourth-order valence-electron chi connectivity index (χ4n) is 1.79. The summed E-state index contributed by atoms with van der Waals surface area (Å²) < 4.78 is 4.59. The molecule has 0 aliphatic heterocycles. The second kappa shape index (κ2) is 6.43. The molecule has 0 bridgehead atoms. The maximum absolute atomic E-state index is 2.37. The normalized spacial score (nSPS) is 10.4. The first-order chi connectivity index (χ1) is 6.16. The van der Waals surface area contributed by atoms with Crippen molar-refractivity contribution in [2.45, 2.75) is 46.1 Å². The molecule has 0 radical (unpaired) electrons. The second-order valence-corrected chi connectivity index (χ2v) is 3.97. The van der Waals surface area contributed by atoms with E-state index < -0.39 is 0 Å². The Hall–Kier alpha value is -0.0600. The van der Waals surface area contributed by atoms with Crippen molar-refractivity contribution < 1.29 is 28.5 Å². The molecule has 0 unspecified atom stereocenters. The largest absolute Gasteiger partial charge is 1.00 e. The van der Waals surface area contributed by atoms with Crippen LogP contribution in [0.4, 0.5) is 0 Å². The summed E-state index contributed by atoms with van der Waals surface area (Å²) in [6, 6.07) is 0. The van der Waals surface area contributed by atoms with Crippen LogP contribution in [-0.2, 0) is 13.6 Å². The van der Waals surface area contributed by atoms with Crippen molar-refractivity contribution in [3.05, 3.63) is 18.2 Å². The Morgan fingerprint density at radius 2 is 2.07 bits per heavy atom. The van der Waals surface area contributed by atoms with Gasteiger partial charge in [0, 0.05) is 0 Å². The molecule has 0 aromatic carbocycles. The third kappa shape index (κ3) is 3.26. The fourth-order valence-corrected chi connectivity index (χ4v) is 1.79. The van der Waals surface area contributed by atoms with Crippen molar-refractivity contribution in [2.24, 2.45) is 7.05 Å². The Morgan fingerprint density at radius 3 is 2.57 bits per heavy atom. The molecule has 1 aromatic heterocycles. The first kappa shape index (κ1) is 13.9. The molecule has 0 spiro atoms. The minimum atomic E-state index is 0. The smallest absolute Gasteiger partial charge is 0.258 e. The Kier molecular flexibility index (Phi) is 6.40. The summed E-state index contributed by atoms with van der Waals surface area (Å²) in [4.78, 5) is 0. The van der Waals surface area contributed by atoms with Crippen LogP contribution in [-0.4, -0.2) is 4.57 Å². The number of hydrogen-bond donors (Lipinski definition) is 0. The van der Waals surface area contributed by atoms with Crippen LogP contribution >= 0.6 is 0 Å². The minimum Gasteiger partial charge on any atom is -1.00 e. The summed E-state index contributed by atoms with van der Waals surface area (Å²) in [6.07, 6.45) is 6.86.